The van der Waals surface area contributed by atoms with Crippen LogP contribution in [-0.4, -0.2) is 22.5 Å². The highest BCUT2D eigenvalue weighted by Gasteiger charge is 2.08. The Kier molecular flexibility index (Phi) is 4.54. The zero-order chi connectivity index (χ0) is 15.2. The number of nitrogens with zero attached hydrogens (tertiary/aromatic N) is 1. The van der Waals surface area contributed by atoms with Crippen LogP contribution in [0.15, 0.2) is 36.4 Å². The fourth-order valence-corrected chi connectivity index (χ4v) is 1.65. The van der Waals surface area contributed by atoms with Crippen molar-refractivity contribution in [3.05, 3.63) is 53.2 Å². The van der Waals surface area contributed by atoms with Crippen molar-refractivity contribution in [2.24, 2.45) is 5.73 Å². The average molecular weight is 281 g/mol. The molecule has 2 rings (SSSR count). The monoisotopic (exact) mass is 281 g/mol. The number of carbonyl (C=O) groups excluding carboxylic acids is 1. The van der Waals surface area contributed by atoms with Gasteiger partial charge < -0.3 is 16.2 Å². The van der Waals surface area contributed by atoms with Crippen molar-refractivity contribution in [1.29, 1.82) is 0 Å². The summed E-state index contributed by atoms with van der Waals surface area (Å²) in [6.45, 7) is 2.01. The van der Waals surface area contributed by atoms with E-state index in [4.69, 9.17) is 5.73 Å². The van der Waals surface area contributed by atoms with Crippen molar-refractivity contribution < 1.29 is 9.90 Å². The summed E-state index contributed by atoms with van der Waals surface area (Å²) >= 11 is 0. The number of amides is 1. The molecule has 0 unspecified atom stereocenters. The number of benzene rings is 1. The molecule has 5 nitrogen and oxygen atoms in total. The van der Waals surface area contributed by atoms with Crippen molar-refractivity contribution in [1.82, 2.24) is 4.98 Å². The van der Waals surface area contributed by atoms with Gasteiger partial charge in [-0.05, 0) is 42.7 Å². The van der Waals surface area contributed by atoms with Crippen LogP contribution in [0.3, 0.4) is 0 Å². The van der Waals surface area contributed by atoms with Crippen LogP contribution in [0.2, 0.25) is 0 Å². The molecule has 0 radical (unpaired) electrons. The molecule has 0 saturated carbocycles. The lowest BCUT2D eigenvalue weighted by atomic mass is 10.1. The van der Waals surface area contributed by atoms with Crippen molar-refractivity contribution >= 4 is 11.7 Å². The summed E-state index contributed by atoms with van der Waals surface area (Å²) in [7, 11) is 0. The smallest absolute Gasteiger partial charge is 0.256 e. The molecule has 4 N–H and O–H groups in total. The molecule has 2 aromatic rings. The summed E-state index contributed by atoms with van der Waals surface area (Å²) in [5, 5.41) is 12.3. The molecule has 1 heterocycles. The van der Waals surface area contributed by atoms with Crippen molar-refractivity contribution in [2.75, 3.05) is 11.9 Å². The van der Waals surface area contributed by atoms with Gasteiger partial charge >= 0.3 is 0 Å². The number of nitrogens with one attached hydrogen (secondary N) is 1. The molecule has 1 aromatic heterocycles. The minimum absolute atomic E-state index is 0.0816. The molecule has 5 heteroatoms. The fourth-order valence-electron chi connectivity index (χ4n) is 1.65. The number of hydrogen-bond acceptors (Lipinski definition) is 4. The average Bonchev–Trinajstić information content (AvgIpc) is 2.48. The highest BCUT2D eigenvalue weighted by Crippen LogP contribution is 2.18. The van der Waals surface area contributed by atoms with Gasteiger partial charge in [0.1, 0.15) is 17.3 Å². The second kappa shape index (κ2) is 6.55. The van der Waals surface area contributed by atoms with Crippen molar-refractivity contribution in [3.63, 3.8) is 0 Å². The molecule has 1 amide bonds. The van der Waals surface area contributed by atoms with E-state index in [-0.39, 0.29) is 18.2 Å². The number of phenols is 1. The maximum absolute atomic E-state index is 12.1. The van der Waals surface area contributed by atoms with Gasteiger partial charge in [0.25, 0.3) is 5.91 Å². The van der Waals surface area contributed by atoms with Gasteiger partial charge in [0, 0.05) is 5.56 Å². The first-order chi connectivity index (χ1) is 10.1. The Hall–Kier alpha value is -2.84. The third-order valence-electron chi connectivity index (χ3n) is 2.78. The number of nitrogens with two attached hydrogens (primary N) is 1. The summed E-state index contributed by atoms with van der Waals surface area (Å²) in [6.07, 6.45) is 0. The maximum Gasteiger partial charge on any atom is 0.256 e. The molecule has 0 bridgehead atoms. The zero-order valence-electron chi connectivity index (χ0n) is 11.6. The molecule has 0 fully saturated rings. The normalized spacial score (nSPS) is 9.62. The summed E-state index contributed by atoms with van der Waals surface area (Å²) < 4.78 is 0. The number of phenolic OH excluding ortho intramolecular Hbond substituents is 1. The van der Waals surface area contributed by atoms with Crippen LogP contribution in [0, 0.1) is 18.8 Å². The number of aryl methyl sites for hydroxylation is 1. The van der Waals surface area contributed by atoms with Crippen molar-refractivity contribution in [3.8, 4) is 17.6 Å². The van der Waals surface area contributed by atoms with Crippen LogP contribution in [-0.2, 0) is 0 Å². The lowest BCUT2D eigenvalue weighted by Crippen LogP contribution is -2.13. The summed E-state index contributed by atoms with van der Waals surface area (Å²) in [4.78, 5) is 16.3. The first-order valence-corrected chi connectivity index (χ1v) is 6.37. The third kappa shape index (κ3) is 3.81. The summed E-state index contributed by atoms with van der Waals surface area (Å²) in [6, 6.07) is 9.89. The predicted octanol–water partition coefficient (Wildman–Crippen LogP) is 1.66. The highest BCUT2D eigenvalue weighted by molar-refractivity contribution is 6.04. The fraction of sp³-hybridized carbons (Fsp3) is 0.125. The van der Waals surface area contributed by atoms with Gasteiger partial charge in [-0.1, -0.05) is 18.1 Å². The predicted molar refractivity (Wildman–Crippen MR) is 81.0 cm³/mol. The van der Waals surface area contributed by atoms with E-state index < -0.39 is 0 Å². The first kappa shape index (κ1) is 14.6. The number of anilines is 1. The number of hydrogen-bond donors (Lipinski definition) is 3. The third-order valence-corrected chi connectivity index (χ3v) is 2.78. The molecule has 0 aliphatic heterocycles. The Morgan fingerprint density at radius 1 is 1.38 bits per heavy atom. The Balaban J connectivity index is 2.17. The Labute approximate surface area is 122 Å². The molecular weight excluding hydrogens is 266 g/mol. The van der Waals surface area contributed by atoms with Crippen LogP contribution in [0.1, 0.15) is 21.6 Å². The first-order valence-electron chi connectivity index (χ1n) is 6.37. The lowest BCUT2D eigenvalue weighted by Gasteiger charge is -2.06. The molecule has 106 valence electrons. The van der Waals surface area contributed by atoms with Crippen LogP contribution in [0.5, 0.6) is 5.75 Å². The second-order valence-electron chi connectivity index (χ2n) is 4.37. The van der Waals surface area contributed by atoms with Gasteiger partial charge in [-0.3, -0.25) is 4.79 Å². The number of aromatic hydroxyl groups is 1. The van der Waals surface area contributed by atoms with Crippen molar-refractivity contribution in [2.45, 2.75) is 6.92 Å². The molecule has 0 spiro atoms. The quantitative estimate of drug-likeness (QED) is 0.730. The minimum atomic E-state index is -0.346. The molecule has 1 aromatic carbocycles. The van der Waals surface area contributed by atoms with E-state index in [2.05, 4.69) is 22.1 Å². The standard InChI is InChI=1S/C16H15N3O2/c1-11-7-8-12(10-14(11)20)16(21)19-15-6-2-4-13(18-15)5-3-9-17/h2,4,6-8,10,20H,9,17H2,1H3,(H,18,19,21). The number of pyridine rings is 1. The van der Waals surface area contributed by atoms with Gasteiger partial charge in [-0.15, -0.1) is 0 Å². The molecule has 0 saturated heterocycles. The molecule has 0 aliphatic rings. The minimum Gasteiger partial charge on any atom is -0.508 e. The number of rotatable bonds is 2. The topological polar surface area (TPSA) is 88.2 Å². The Morgan fingerprint density at radius 3 is 2.90 bits per heavy atom. The van der Waals surface area contributed by atoms with Gasteiger partial charge in [0.15, 0.2) is 0 Å². The van der Waals surface area contributed by atoms with Gasteiger partial charge in [0.2, 0.25) is 0 Å². The van der Waals surface area contributed by atoms with Crippen LogP contribution < -0.4 is 11.1 Å². The Morgan fingerprint density at radius 2 is 2.19 bits per heavy atom. The second-order valence-corrected chi connectivity index (χ2v) is 4.37. The molecule has 21 heavy (non-hydrogen) atoms. The van der Waals surface area contributed by atoms with E-state index in [1.807, 2.05) is 0 Å². The van der Waals surface area contributed by atoms with Crippen LogP contribution in [0.4, 0.5) is 5.82 Å². The van der Waals surface area contributed by atoms with E-state index in [9.17, 15) is 9.90 Å². The van der Waals surface area contributed by atoms with E-state index in [0.29, 0.717) is 22.6 Å². The number of carbonyl (C=O) groups is 1. The van der Waals surface area contributed by atoms with Crippen LogP contribution >= 0.6 is 0 Å². The van der Waals surface area contributed by atoms with E-state index in [1.54, 1.807) is 37.3 Å². The number of aromatic nitrogens is 1. The van der Waals surface area contributed by atoms with Gasteiger partial charge in [0.05, 0.1) is 6.54 Å². The summed E-state index contributed by atoms with van der Waals surface area (Å²) in [5.41, 5.74) is 6.91. The van der Waals surface area contributed by atoms with E-state index in [0.717, 1.165) is 0 Å². The highest BCUT2D eigenvalue weighted by atomic mass is 16.3. The maximum atomic E-state index is 12.1. The van der Waals surface area contributed by atoms with E-state index in [1.165, 1.54) is 6.07 Å². The van der Waals surface area contributed by atoms with E-state index >= 15 is 0 Å². The zero-order valence-corrected chi connectivity index (χ0v) is 11.6. The lowest BCUT2D eigenvalue weighted by molar-refractivity contribution is 0.102. The Bertz CT molecular complexity index is 730. The SMILES string of the molecule is Cc1ccc(C(=O)Nc2cccc(C#CCN)n2)cc1O. The molecule has 0 atom stereocenters. The molecule has 0 aliphatic carbocycles. The molecular formula is C16H15N3O2. The summed E-state index contributed by atoms with van der Waals surface area (Å²) in [5.74, 6) is 5.63. The van der Waals surface area contributed by atoms with Crippen LogP contribution in [0.25, 0.3) is 0 Å². The van der Waals surface area contributed by atoms with Gasteiger partial charge in [-0.25, -0.2) is 4.98 Å². The largest absolute Gasteiger partial charge is 0.508 e. The van der Waals surface area contributed by atoms with Gasteiger partial charge in [-0.2, -0.15) is 0 Å².